The molecule has 0 spiro atoms. The van der Waals surface area contributed by atoms with Crippen molar-refractivity contribution in [2.45, 2.75) is 6.04 Å². The average molecular weight is 409 g/mol. The van der Waals surface area contributed by atoms with Crippen LogP contribution in [0.25, 0.3) is 0 Å². The molecule has 3 nitrogen and oxygen atoms in total. The lowest BCUT2D eigenvalue weighted by Gasteiger charge is -2.40. The van der Waals surface area contributed by atoms with Gasteiger partial charge in [-0.1, -0.05) is 66.2 Å². The van der Waals surface area contributed by atoms with Gasteiger partial charge in [0.2, 0.25) is 0 Å². The number of hydrogen-bond donors (Lipinski definition) is 0. The molecule has 1 fully saturated rings. The molecule has 5 heteroatoms. The molecule has 1 aliphatic heterocycles. The van der Waals surface area contributed by atoms with Gasteiger partial charge in [-0.15, -0.1) is 0 Å². The molecule has 1 atom stereocenters. The van der Waals surface area contributed by atoms with Crippen LogP contribution in [0.2, 0.25) is 5.02 Å². The minimum absolute atomic E-state index is 0.0226. The number of carbonyl (C=O) groups is 1. The van der Waals surface area contributed by atoms with Crippen molar-refractivity contribution < 1.29 is 9.18 Å². The molecule has 0 N–H and O–H groups in total. The molecule has 0 saturated carbocycles. The molecule has 1 unspecified atom stereocenters. The van der Waals surface area contributed by atoms with Crippen LogP contribution in [0.3, 0.4) is 0 Å². The van der Waals surface area contributed by atoms with E-state index in [9.17, 15) is 9.18 Å². The fourth-order valence-corrected chi connectivity index (χ4v) is 4.10. The maximum Gasteiger partial charge on any atom is 0.255 e. The van der Waals surface area contributed by atoms with E-state index in [0.29, 0.717) is 23.7 Å². The first kappa shape index (κ1) is 19.6. The van der Waals surface area contributed by atoms with E-state index in [-0.39, 0.29) is 17.8 Å². The van der Waals surface area contributed by atoms with E-state index in [0.717, 1.165) is 24.2 Å². The molecule has 1 heterocycles. The van der Waals surface area contributed by atoms with Crippen LogP contribution in [0.15, 0.2) is 78.9 Å². The Hall–Kier alpha value is -2.69. The van der Waals surface area contributed by atoms with Gasteiger partial charge in [-0.3, -0.25) is 9.69 Å². The second-order valence-corrected chi connectivity index (χ2v) is 7.58. The average Bonchev–Trinajstić information content (AvgIpc) is 2.76. The molecule has 148 valence electrons. The van der Waals surface area contributed by atoms with Crippen molar-refractivity contribution in [1.29, 1.82) is 0 Å². The molecular weight excluding hydrogens is 387 g/mol. The van der Waals surface area contributed by atoms with E-state index in [1.165, 1.54) is 12.1 Å². The molecular formula is C24H22ClFN2O. The van der Waals surface area contributed by atoms with Crippen molar-refractivity contribution in [3.8, 4) is 0 Å². The van der Waals surface area contributed by atoms with E-state index in [1.807, 2.05) is 47.4 Å². The Bertz CT molecular complexity index is 970. The summed E-state index contributed by atoms with van der Waals surface area (Å²) in [6.07, 6.45) is 0. The van der Waals surface area contributed by atoms with Crippen molar-refractivity contribution in [3.05, 3.63) is 106 Å². The number of carbonyl (C=O) groups excluding carboxylic acids is 1. The lowest BCUT2D eigenvalue weighted by Crippen LogP contribution is -2.49. The predicted octanol–water partition coefficient (Wildman–Crippen LogP) is 5.03. The summed E-state index contributed by atoms with van der Waals surface area (Å²) in [6.45, 7) is 2.70. The van der Waals surface area contributed by atoms with Crippen molar-refractivity contribution >= 4 is 17.5 Å². The van der Waals surface area contributed by atoms with Gasteiger partial charge in [0.25, 0.3) is 5.91 Å². The summed E-state index contributed by atoms with van der Waals surface area (Å²) in [5.74, 6) is -0.274. The fourth-order valence-electron chi connectivity index (χ4n) is 3.88. The molecule has 0 radical (unpaired) electrons. The third-order valence-electron chi connectivity index (χ3n) is 5.37. The number of rotatable bonds is 4. The van der Waals surface area contributed by atoms with Crippen LogP contribution in [0.4, 0.5) is 4.39 Å². The minimum atomic E-state index is -0.240. The first-order valence-electron chi connectivity index (χ1n) is 9.72. The maximum atomic E-state index is 13.5. The highest BCUT2D eigenvalue weighted by Crippen LogP contribution is 2.30. The van der Waals surface area contributed by atoms with Crippen molar-refractivity contribution in [1.82, 2.24) is 9.80 Å². The molecule has 4 rings (SSSR count). The molecule has 0 aliphatic carbocycles. The predicted molar refractivity (Wildman–Crippen MR) is 114 cm³/mol. The molecule has 3 aromatic rings. The highest BCUT2D eigenvalue weighted by molar-refractivity contribution is 6.33. The van der Waals surface area contributed by atoms with Gasteiger partial charge in [-0.25, -0.2) is 4.39 Å². The SMILES string of the molecule is O=C(c1ccccc1Cl)N1CCN(C(c2ccccc2)c2ccc(F)cc2)CC1. The molecule has 1 saturated heterocycles. The Labute approximate surface area is 175 Å². The van der Waals surface area contributed by atoms with Gasteiger partial charge in [-0.2, -0.15) is 0 Å². The number of benzene rings is 3. The summed E-state index contributed by atoms with van der Waals surface area (Å²) < 4.78 is 13.5. The molecule has 1 aliphatic rings. The second kappa shape index (κ2) is 8.76. The van der Waals surface area contributed by atoms with Crippen LogP contribution in [0.5, 0.6) is 0 Å². The van der Waals surface area contributed by atoms with Gasteiger partial charge in [0.05, 0.1) is 16.6 Å². The van der Waals surface area contributed by atoms with Crippen LogP contribution in [0.1, 0.15) is 27.5 Å². The van der Waals surface area contributed by atoms with E-state index in [2.05, 4.69) is 17.0 Å². The number of piperazine rings is 1. The standard InChI is InChI=1S/C24H22ClFN2O/c25-22-9-5-4-8-21(22)24(29)28-16-14-27(15-17-28)23(18-6-2-1-3-7-18)19-10-12-20(26)13-11-19/h1-13,23H,14-17H2. The van der Waals surface area contributed by atoms with Gasteiger partial charge in [0.15, 0.2) is 0 Å². The summed E-state index contributed by atoms with van der Waals surface area (Å²) in [4.78, 5) is 17.1. The first-order chi connectivity index (χ1) is 14.1. The molecule has 29 heavy (non-hydrogen) atoms. The number of amides is 1. The molecule has 3 aromatic carbocycles. The van der Waals surface area contributed by atoms with Gasteiger partial charge in [-0.05, 0) is 35.4 Å². The normalized spacial score (nSPS) is 15.9. The van der Waals surface area contributed by atoms with Crippen LogP contribution < -0.4 is 0 Å². The Morgan fingerprint density at radius 3 is 2.03 bits per heavy atom. The summed E-state index contributed by atoms with van der Waals surface area (Å²) in [5.41, 5.74) is 2.74. The monoisotopic (exact) mass is 408 g/mol. The molecule has 0 aromatic heterocycles. The van der Waals surface area contributed by atoms with Gasteiger partial charge < -0.3 is 4.90 Å². The van der Waals surface area contributed by atoms with Crippen molar-refractivity contribution in [2.24, 2.45) is 0 Å². The number of hydrogen-bond acceptors (Lipinski definition) is 2. The van der Waals surface area contributed by atoms with E-state index < -0.39 is 0 Å². The third kappa shape index (κ3) is 4.34. The topological polar surface area (TPSA) is 23.6 Å². The lowest BCUT2D eigenvalue weighted by molar-refractivity contribution is 0.0597. The Balaban J connectivity index is 1.53. The smallest absolute Gasteiger partial charge is 0.255 e. The Kier molecular flexibility index (Phi) is 5.93. The fraction of sp³-hybridized carbons (Fsp3) is 0.208. The van der Waals surface area contributed by atoms with Crippen LogP contribution in [0, 0.1) is 5.82 Å². The van der Waals surface area contributed by atoms with Gasteiger partial charge in [0, 0.05) is 26.2 Å². The van der Waals surface area contributed by atoms with Crippen LogP contribution >= 0.6 is 11.6 Å². The van der Waals surface area contributed by atoms with Crippen LogP contribution in [-0.4, -0.2) is 41.9 Å². The zero-order valence-electron chi connectivity index (χ0n) is 16.0. The largest absolute Gasteiger partial charge is 0.336 e. The zero-order valence-corrected chi connectivity index (χ0v) is 16.7. The van der Waals surface area contributed by atoms with Crippen molar-refractivity contribution in [2.75, 3.05) is 26.2 Å². The van der Waals surface area contributed by atoms with E-state index in [4.69, 9.17) is 11.6 Å². The quantitative estimate of drug-likeness (QED) is 0.604. The van der Waals surface area contributed by atoms with E-state index in [1.54, 1.807) is 12.1 Å². The van der Waals surface area contributed by atoms with Crippen LogP contribution in [-0.2, 0) is 0 Å². The summed E-state index contributed by atoms with van der Waals surface area (Å²) in [7, 11) is 0. The molecule has 0 bridgehead atoms. The third-order valence-corrected chi connectivity index (χ3v) is 5.70. The number of halogens is 2. The Morgan fingerprint density at radius 2 is 1.38 bits per heavy atom. The highest BCUT2D eigenvalue weighted by atomic mass is 35.5. The van der Waals surface area contributed by atoms with Gasteiger partial charge in [0.1, 0.15) is 5.82 Å². The highest BCUT2D eigenvalue weighted by Gasteiger charge is 2.29. The summed E-state index contributed by atoms with van der Waals surface area (Å²) in [6, 6.07) is 24.1. The lowest BCUT2D eigenvalue weighted by atomic mass is 9.96. The maximum absolute atomic E-state index is 13.5. The summed E-state index contributed by atoms with van der Waals surface area (Å²) >= 11 is 6.20. The second-order valence-electron chi connectivity index (χ2n) is 7.17. The minimum Gasteiger partial charge on any atom is -0.336 e. The first-order valence-corrected chi connectivity index (χ1v) is 10.1. The number of nitrogens with zero attached hydrogens (tertiary/aromatic N) is 2. The van der Waals surface area contributed by atoms with Crippen molar-refractivity contribution in [3.63, 3.8) is 0 Å². The van der Waals surface area contributed by atoms with Gasteiger partial charge >= 0.3 is 0 Å². The molecule has 1 amide bonds. The summed E-state index contributed by atoms with van der Waals surface area (Å²) in [5, 5.41) is 0.480. The Morgan fingerprint density at radius 1 is 0.793 bits per heavy atom. The van der Waals surface area contributed by atoms with E-state index >= 15 is 0 Å². The zero-order chi connectivity index (χ0) is 20.2.